The van der Waals surface area contributed by atoms with E-state index in [0.29, 0.717) is 22.9 Å². The summed E-state index contributed by atoms with van der Waals surface area (Å²) in [5.41, 5.74) is 3.83. The van der Waals surface area contributed by atoms with Crippen molar-refractivity contribution in [3.63, 3.8) is 0 Å². The van der Waals surface area contributed by atoms with Gasteiger partial charge in [-0.25, -0.2) is 0 Å². The molecule has 1 atom stereocenters. The Balaban J connectivity index is 1.57. The second kappa shape index (κ2) is 6.45. The Morgan fingerprint density at radius 3 is 2.74 bits per heavy atom. The number of fused-ring (bicyclic) bond motifs is 4. The van der Waals surface area contributed by atoms with Crippen LogP contribution in [0.5, 0.6) is 5.75 Å². The van der Waals surface area contributed by atoms with Crippen molar-refractivity contribution < 1.29 is 9.47 Å². The van der Waals surface area contributed by atoms with Crippen molar-refractivity contribution in [1.82, 2.24) is 0 Å². The van der Waals surface area contributed by atoms with Crippen molar-refractivity contribution in [2.24, 2.45) is 25.4 Å². The highest BCUT2D eigenvalue weighted by Gasteiger charge is 2.22. The summed E-state index contributed by atoms with van der Waals surface area (Å²) >= 11 is 0. The molecule has 3 aliphatic heterocycles. The first-order chi connectivity index (χ1) is 13.4. The van der Waals surface area contributed by atoms with Crippen LogP contribution in [0.2, 0.25) is 0 Å². The van der Waals surface area contributed by atoms with E-state index in [2.05, 4.69) is 25.4 Å². The molecule has 0 fully saturated rings. The number of rotatable bonds is 0. The number of nitrogens with zero attached hydrogens (tertiary/aromatic N) is 5. The predicted molar refractivity (Wildman–Crippen MR) is 106 cm³/mol. The molecule has 27 heavy (non-hydrogen) atoms. The highest BCUT2D eigenvalue weighted by atomic mass is 16.5. The lowest BCUT2D eigenvalue weighted by atomic mass is 10.0. The zero-order valence-corrected chi connectivity index (χ0v) is 14.1. The molecule has 4 aliphatic rings. The highest BCUT2D eigenvalue weighted by Crippen LogP contribution is 2.28. The maximum Gasteiger partial charge on any atom is 0.248 e. The van der Waals surface area contributed by atoms with Crippen molar-refractivity contribution in [3.8, 4) is 5.75 Å². The topological polar surface area (TPSA) is 80.3 Å². The number of aliphatic imine (C=N–C) groups is 1. The molecule has 0 amide bonds. The predicted octanol–water partition coefficient (Wildman–Crippen LogP) is 3.09. The van der Waals surface area contributed by atoms with Gasteiger partial charge in [0.25, 0.3) is 0 Å². The fourth-order valence-corrected chi connectivity index (χ4v) is 2.71. The van der Waals surface area contributed by atoms with Crippen LogP contribution in [0.1, 0.15) is 5.56 Å². The minimum absolute atomic E-state index is 0.181. The van der Waals surface area contributed by atoms with Crippen LogP contribution in [-0.4, -0.2) is 35.9 Å². The highest BCUT2D eigenvalue weighted by molar-refractivity contribution is 6.67. The monoisotopic (exact) mass is 355 g/mol. The molecule has 0 aromatic heterocycles. The Labute approximate surface area is 154 Å². The van der Waals surface area contributed by atoms with Crippen LogP contribution >= 0.6 is 0 Å². The number of allylic oxidation sites excluding steroid dienone is 1. The molecule has 1 aliphatic carbocycles. The van der Waals surface area contributed by atoms with E-state index in [1.54, 1.807) is 24.9 Å². The minimum Gasteiger partial charge on any atom is -0.481 e. The summed E-state index contributed by atoms with van der Waals surface area (Å²) in [6, 6.07) is 7.81. The fraction of sp³-hybridized carbons (Fsp3) is 0.0500. The van der Waals surface area contributed by atoms with Crippen molar-refractivity contribution in [2.75, 3.05) is 0 Å². The molecule has 0 spiro atoms. The zero-order chi connectivity index (χ0) is 18.1. The second-order valence-electron chi connectivity index (χ2n) is 5.98. The number of ether oxygens (including phenoxy) is 2. The molecular formula is C20H13N5O2. The van der Waals surface area contributed by atoms with Crippen LogP contribution in [0.3, 0.4) is 0 Å². The largest absolute Gasteiger partial charge is 0.481 e. The summed E-state index contributed by atoms with van der Waals surface area (Å²) in [7, 11) is 0. The average Bonchev–Trinajstić information content (AvgIpc) is 3.31. The smallest absolute Gasteiger partial charge is 0.248 e. The lowest BCUT2D eigenvalue weighted by molar-refractivity contribution is 0.270. The van der Waals surface area contributed by atoms with Crippen LogP contribution < -0.4 is 4.74 Å². The van der Waals surface area contributed by atoms with Gasteiger partial charge in [0.2, 0.25) is 5.90 Å². The quantitative estimate of drug-likeness (QED) is 0.717. The maximum absolute atomic E-state index is 6.12. The molecule has 130 valence electrons. The van der Waals surface area contributed by atoms with Crippen LogP contribution in [-0.2, 0) is 4.74 Å². The first-order valence-corrected chi connectivity index (χ1v) is 8.36. The van der Waals surface area contributed by atoms with Gasteiger partial charge < -0.3 is 9.47 Å². The summed E-state index contributed by atoms with van der Waals surface area (Å²) in [6.45, 7) is 0. The van der Waals surface area contributed by atoms with Gasteiger partial charge in [0, 0.05) is 17.3 Å². The van der Waals surface area contributed by atoms with Gasteiger partial charge in [-0.3, -0.25) is 4.99 Å². The molecule has 0 bridgehead atoms. The lowest BCUT2D eigenvalue weighted by Crippen LogP contribution is -2.23. The fourth-order valence-electron chi connectivity index (χ4n) is 2.71. The van der Waals surface area contributed by atoms with E-state index >= 15 is 0 Å². The molecule has 0 radical (unpaired) electrons. The number of hydrogen-bond acceptors (Lipinski definition) is 7. The summed E-state index contributed by atoms with van der Waals surface area (Å²) in [5.74, 6) is 1.15. The standard InChI is InChI=1S/C20H13N5O2/c1-2-4-18-13(3-1)5-7-16-17(11-23-24-16)21-9-15-10-22-25-20(15)26-12-14-6-8-19(14)27-18/h1-12,19H/b7-5-,14-12-,15-9-,21-17?. The number of benzene rings is 1. The van der Waals surface area contributed by atoms with Crippen molar-refractivity contribution in [3.05, 3.63) is 71.7 Å². The molecule has 5 rings (SSSR count). The van der Waals surface area contributed by atoms with Gasteiger partial charge >= 0.3 is 0 Å². The summed E-state index contributed by atoms with van der Waals surface area (Å²) in [4.78, 5) is 4.45. The van der Waals surface area contributed by atoms with Crippen LogP contribution in [0, 0.1) is 0 Å². The van der Waals surface area contributed by atoms with E-state index in [0.717, 1.165) is 16.9 Å². The molecule has 7 heteroatoms. The average molecular weight is 355 g/mol. The SMILES string of the molecule is C1=CC2Oc3ccccc3/C=C\C3=NN=CC3=N/C=C3/C=NN=C3O/C=C/12. The molecule has 0 N–H and O–H groups in total. The third kappa shape index (κ3) is 2.95. The molecule has 0 saturated heterocycles. The molecule has 1 aromatic rings. The van der Waals surface area contributed by atoms with Gasteiger partial charge in [-0.2, -0.15) is 10.2 Å². The normalized spacial score (nSPS) is 27.1. The molecule has 1 aromatic carbocycles. The van der Waals surface area contributed by atoms with Crippen molar-refractivity contribution in [1.29, 1.82) is 0 Å². The van der Waals surface area contributed by atoms with E-state index in [1.165, 1.54) is 0 Å². The Morgan fingerprint density at radius 1 is 0.889 bits per heavy atom. The molecule has 3 heterocycles. The third-order valence-electron chi connectivity index (χ3n) is 4.24. The van der Waals surface area contributed by atoms with E-state index in [9.17, 15) is 0 Å². The molecule has 7 nitrogen and oxygen atoms in total. The Morgan fingerprint density at radius 2 is 1.81 bits per heavy atom. The van der Waals surface area contributed by atoms with Crippen LogP contribution in [0.25, 0.3) is 6.08 Å². The maximum atomic E-state index is 6.12. The molecule has 1 unspecified atom stereocenters. The van der Waals surface area contributed by atoms with Crippen molar-refractivity contribution in [2.45, 2.75) is 6.10 Å². The third-order valence-corrected chi connectivity index (χ3v) is 4.24. The van der Waals surface area contributed by atoms with Crippen molar-refractivity contribution >= 4 is 35.8 Å². The Kier molecular flexibility index (Phi) is 3.68. The van der Waals surface area contributed by atoms with Gasteiger partial charge in [0.05, 0.1) is 18.0 Å². The summed E-state index contributed by atoms with van der Waals surface area (Å²) in [6.07, 6.45) is 14.0. The van der Waals surface area contributed by atoms with Crippen LogP contribution in [0.4, 0.5) is 0 Å². The van der Waals surface area contributed by atoms with Crippen LogP contribution in [0.15, 0.2) is 91.5 Å². The Bertz CT molecular complexity index is 1080. The number of hydrogen-bond donors (Lipinski definition) is 0. The van der Waals surface area contributed by atoms with E-state index in [-0.39, 0.29) is 6.10 Å². The zero-order valence-electron chi connectivity index (χ0n) is 14.1. The second-order valence-corrected chi connectivity index (χ2v) is 5.98. The minimum atomic E-state index is -0.181. The first kappa shape index (κ1) is 15.4. The van der Waals surface area contributed by atoms with E-state index in [1.807, 2.05) is 48.6 Å². The van der Waals surface area contributed by atoms with Gasteiger partial charge in [0.1, 0.15) is 29.5 Å². The molecule has 0 saturated carbocycles. The first-order valence-electron chi connectivity index (χ1n) is 8.36. The molecular weight excluding hydrogens is 342 g/mol. The van der Waals surface area contributed by atoms with E-state index < -0.39 is 0 Å². The van der Waals surface area contributed by atoms with Gasteiger partial charge in [-0.05, 0) is 24.3 Å². The van der Waals surface area contributed by atoms with Gasteiger partial charge in [0.15, 0.2) is 0 Å². The number of para-hydroxylation sites is 1. The summed E-state index contributed by atoms with van der Waals surface area (Å²) < 4.78 is 11.8. The summed E-state index contributed by atoms with van der Waals surface area (Å²) in [5, 5.41) is 16.0. The lowest BCUT2D eigenvalue weighted by Gasteiger charge is -2.24. The Hall–Kier alpha value is -3.87. The van der Waals surface area contributed by atoms with E-state index in [4.69, 9.17) is 9.47 Å². The van der Waals surface area contributed by atoms with Gasteiger partial charge in [-0.15, -0.1) is 10.2 Å². The van der Waals surface area contributed by atoms with Gasteiger partial charge in [-0.1, -0.05) is 24.3 Å².